The number of carbonyl (C=O) groups excluding carboxylic acids is 4. The molecule has 0 fully saturated rings. The number of aldehydes is 2. The third-order valence-corrected chi connectivity index (χ3v) is 8.39. The third kappa shape index (κ3) is 3.92. The zero-order valence-corrected chi connectivity index (χ0v) is 23.8. The lowest BCUT2D eigenvalue weighted by Gasteiger charge is -2.22. The average Bonchev–Trinajstić information content (AvgIpc) is 3.09. The van der Waals surface area contributed by atoms with Crippen molar-refractivity contribution in [3.8, 4) is 0 Å². The third-order valence-electron chi connectivity index (χ3n) is 8.39. The van der Waals surface area contributed by atoms with Crippen molar-refractivity contribution in [1.29, 1.82) is 0 Å². The van der Waals surface area contributed by atoms with Gasteiger partial charge < -0.3 is 9.80 Å². The average molecular weight is 577 g/mol. The summed E-state index contributed by atoms with van der Waals surface area (Å²) < 4.78 is 0. The van der Waals surface area contributed by atoms with Crippen LogP contribution in [0.1, 0.15) is 41.4 Å². The molecule has 2 heterocycles. The fourth-order valence-corrected chi connectivity index (χ4v) is 6.23. The van der Waals surface area contributed by atoms with Crippen LogP contribution >= 0.6 is 0 Å². The second kappa shape index (κ2) is 10.4. The van der Waals surface area contributed by atoms with Crippen LogP contribution in [0.25, 0.3) is 43.1 Å². The van der Waals surface area contributed by atoms with Crippen LogP contribution in [0.5, 0.6) is 0 Å². The summed E-state index contributed by atoms with van der Waals surface area (Å²) in [5, 5.41) is 5.88. The minimum atomic E-state index is -0.268. The summed E-state index contributed by atoms with van der Waals surface area (Å²) in [6, 6.07) is 21.4. The van der Waals surface area contributed by atoms with Crippen LogP contribution in [0.3, 0.4) is 0 Å². The van der Waals surface area contributed by atoms with Crippen molar-refractivity contribution in [2.45, 2.75) is 0 Å². The first-order valence-electron chi connectivity index (χ1n) is 13.9. The highest BCUT2D eigenvalue weighted by Gasteiger charge is 2.25. The predicted octanol–water partition coefficient (Wildman–Crippen LogP) is 6.71. The number of carbonyl (C=O) groups is 4. The first kappa shape index (κ1) is 26.9. The van der Waals surface area contributed by atoms with E-state index in [1.807, 2.05) is 24.3 Å². The molecule has 5 aromatic carbocycles. The zero-order valence-electron chi connectivity index (χ0n) is 23.8. The summed E-state index contributed by atoms with van der Waals surface area (Å²) >= 11 is 0. The Labute approximate surface area is 251 Å². The van der Waals surface area contributed by atoms with Gasteiger partial charge in [0.2, 0.25) is 0 Å². The summed E-state index contributed by atoms with van der Waals surface area (Å²) in [4.78, 5) is 63.6. The molecule has 0 bridgehead atoms. The van der Waals surface area contributed by atoms with Crippen LogP contribution < -0.4 is 9.80 Å². The summed E-state index contributed by atoms with van der Waals surface area (Å²) in [6.07, 6.45) is 8.01. The van der Waals surface area contributed by atoms with Crippen LogP contribution in [0.2, 0.25) is 0 Å². The van der Waals surface area contributed by atoms with Crippen molar-refractivity contribution in [1.82, 2.24) is 9.97 Å². The van der Waals surface area contributed by atoms with E-state index in [-0.39, 0.29) is 11.8 Å². The van der Waals surface area contributed by atoms with Crippen molar-refractivity contribution in [2.75, 3.05) is 23.9 Å². The molecule has 7 aromatic rings. The summed E-state index contributed by atoms with van der Waals surface area (Å²) in [5.41, 5.74) is 2.91. The van der Waals surface area contributed by atoms with E-state index in [1.165, 1.54) is 9.80 Å². The monoisotopic (exact) mass is 576 g/mol. The van der Waals surface area contributed by atoms with E-state index in [0.717, 1.165) is 44.9 Å². The van der Waals surface area contributed by atoms with Gasteiger partial charge in [0.15, 0.2) is 12.6 Å². The van der Waals surface area contributed by atoms with Crippen molar-refractivity contribution < 1.29 is 19.2 Å². The maximum atomic E-state index is 13.9. The molecule has 0 aliphatic heterocycles. The number of hydrogen-bond acceptors (Lipinski definition) is 6. The van der Waals surface area contributed by atoms with Crippen LogP contribution in [-0.4, -0.2) is 48.4 Å². The fraction of sp³-hybridized carbons (Fsp3) is 0.0556. The van der Waals surface area contributed by atoms with Gasteiger partial charge >= 0.3 is 0 Å². The highest BCUT2D eigenvalue weighted by atomic mass is 16.2. The van der Waals surface area contributed by atoms with E-state index in [4.69, 9.17) is 0 Å². The quantitative estimate of drug-likeness (QED) is 0.124. The fourth-order valence-electron chi connectivity index (χ4n) is 6.23. The number of aromatic nitrogens is 2. The predicted molar refractivity (Wildman–Crippen MR) is 172 cm³/mol. The number of hydrogen-bond donors (Lipinski definition) is 0. The van der Waals surface area contributed by atoms with Crippen LogP contribution in [-0.2, 0) is 0 Å². The van der Waals surface area contributed by atoms with Crippen LogP contribution in [0, 0.1) is 0 Å². The number of amides is 2. The molecule has 212 valence electrons. The highest BCUT2D eigenvalue weighted by Crippen LogP contribution is 2.44. The molecular formula is C36H24N4O4. The van der Waals surface area contributed by atoms with Gasteiger partial charge in [-0.25, -0.2) is 0 Å². The molecule has 8 heteroatoms. The Hall–Kier alpha value is -6.02. The molecule has 0 aliphatic rings. The first-order valence-corrected chi connectivity index (χ1v) is 13.9. The number of pyridine rings is 2. The maximum Gasteiger partial charge on any atom is 0.258 e. The molecule has 7 rings (SSSR count). The van der Waals surface area contributed by atoms with Crippen molar-refractivity contribution in [3.63, 3.8) is 0 Å². The molecule has 44 heavy (non-hydrogen) atoms. The second-order valence-corrected chi connectivity index (χ2v) is 10.6. The molecule has 0 N–H and O–H groups in total. The largest absolute Gasteiger partial charge is 0.311 e. The molecule has 0 spiro atoms. The van der Waals surface area contributed by atoms with E-state index >= 15 is 0 Å². The van der Waals surface area contributed by atoms with Gasteiger partial charge in [0.05, 0.1) is 0 Å². The molecule has 0 saturated heterocycles. The van der Waals surface area contributed by atoms with Crippen molar-refractivity contribution in [3.05, 3.63) is 120 Å². The van der Waals surface area contributed by atoms with Crippen LogP contribution in [0.4, 0.5) is 11.4 Å². The molecular weight excluding hydrogens is 552 g/mol. The van der Waals surface area contributed by atoms with Crippen molar-refractivity contribution >= 4 is 78.9 Å². The van der Waals surface area contributed by atoms with Gasteiger partial charge in [-0.2, -0.15) is 0 Å². The summed E-state index contributed by atoms with van der Waals surface area (Å²) in [5.74, 6) is -0.536. The van der Waals surface area contributed by atoms with E-state index in [9.17, 15) is 19.2 Å². The zero-order chi connectivity index (χ0) is 30.5. The van der Waals surface area contributed by atoms with E-state index in [1.54, 1.807) is 87.4 Å². The smallest absolute Gasteiger partial charge is 0.258 e. The van der Waals surface area contributed by atoms with Crippen molar-refractivity contribution in [2.24, 2.45) is 0 Å². The number of fused-ring (bicyclic) bond motifs is 2. The van der Waals surface area contributed by atoms with Gasteiger partial charge in [-0.3, -0.25) is 29.1 Å². The summed E-state index contributed by atoms with van der Waals surface area (Å²) in [7, 11) is 3.37. The Bertz CT molecular complexity index is 2100. The molecule has 2 amide bonds. The van der Waals surface area contributed by atoms with Gasteiger partial charge in [-0.1, -0.05) is 36.4 Å². The number of anilines is 2. The lowest BCUT2D eigenvalue weighted by Crippen LogP contribution is -2.26. The minimum absolute atomic E-state index is 0.268. The SMILES string of the molecule is CN(C(=O)c1ccc2c3ccc(C(=O)N(C)c4ccncc4)c4c(C=O)ccc(c5ccc(C=O)c1c52)c43)c1ccncc1. The second-order valence-electron chi connectivity index (χ2n) is 10.6. The topological polar surface area (TPSA) is 101 Å². The summed E-state index contributed by atoms with van der Waals surface area (Å²) in [6.45, 7) is 0. The lowest BCUT2D eigenvalue weighted by atomic mass is 9.84. The van der Waals surface area contributed by atoms with E-state index in [0.29, 0.717) is 44.4 Å². The highest BCUT2D eigenvalue weighted by molar-refractivity contribution is 6.38. The molecule has 0 unspecified atom stereocenters. The number of benzene rings is 5. The number of nitrogens with zero attached hydrogens (tertiary/aromatic N) is 4. The van der Waals surface area contributed by atoms with E-state index < -0.39 is 0 Å². The van der Waals surface area contributed by atoms with Gasteiger partial charge in [-0.05, 0) is 68.7 Å². The maximum absolute atomic E-state index is 13.9. The molecule has 0 radical (unpaired) electrons. The standard InChI is InChI=1S/C36H24N4O4/c1-39(23-11-15-37-16-12-23)35(43)29-9-7-27-28-8-10-30(36(44)40(2)24-13-17-38-18-14-24)32-22(20-42)4-6-26(34(28)32)25-5-3-21(19-41)31(29)33(25)27/h3-20H,1-2H3. The Kier molecular flexibility index (Phi) is 6.32. The van der Waals surface area contributed by atoms with Gasteiger partial charge in [-0.15, -0.1) is 0 Å². The van der Waals surface area contributed by atoms with Gasteiger partial charge in [0.25, 0.3) is 11.8 Å². The molecule has 0 atom stereocenters. The Morgan fingerprint density at radius 1 is 0.500 bits per heavy atom. The molecule has 0 aliphatic carbocycles. The Morgan fingerprint density at radius 3 is 1.18 bits per heavy atom. The Morgan fingerprint density at radius 2 is 0.841 bits per heavy atom. The van der Waals surface area contributed by atoms with Gasteiger partial charge in [0, 0.05) is 83.3 Å². The molecule has 0 saturated carbocycles. The minimum Gasteiger partial charge on any atom is -0.311 e. The van der Waals surface area contributed by atoms with Crippen LogP contribution in [0.15, 0.2) is 97.6 Å². The number of rotatable bonds is 6. The Balaban J connectivity index is 1.53. The molecule has 2 aromatic heterocycles. The lowest BCUT2D eigenvalue weighted by molar-refractivity contribution is 0.0986. The van der Waals surface area contributed by atoms with E-state index in [2.05, 4.69) is 9.97 Å². The molecule has 8 nitrogen and oxygen atoms in total. The normalized spacial score (nSPS) is 11.3. The first-order chi connectivity index (χ1) is 21.4. The van der Waals surface area contributed by atoms with Gasteiger partial charge in [0.1, 0.15) is 0 Å².